The van der Waals surface area contributed by atoms with Crippen molar-refractivity contribution in [2.75, 3.05) is 26.8 Å². The van der Waals surface area contributed by atoms with E-state index >= 15 is 0 Å². The highest BCUT2D eigenvalue weighted by Crippen LogP contribution is 2.07. The zero-order valence-electron chi connectivity index (χ0n) is 10.1. The molecular weight excluding hydrogens is 228 g/mol. The van der Waals surface area contributed by atoms with Crippen LogP contribution in [0.15, 0.2) is 0 Å². The van der Waals surface area contributed by atoms with Crippen molar-refractivity contribution in [3.05, 3.63) is 0 Å². The van der Waals surface area contributed by atoms with E-state index < -0.39 is 0 Å². The number of nitrogens with one attached hydrogen (secondary N) is 2. The average molecular weight is 251 g/mol. The molecule has 1 saturated heterocycles. The van der Waals surface area contributed by atoms with Crippen LogP contribution in [0.25, 0.3) is 0 Å². The number of amides is 1. The van der Waals surface area contributed by atoms with Crippen LogP contribution in [0.4, 0.5) is 0 Å². The van der Waals surface area contributed by atoms with Gasteiger partial charge in [0, 0.05) is 19.7 Å². The molecule has 2 atom stereocenters. The molecule has 0 aromatic heterocycles. The van der Waals surface area contributed by atoms with E-state index in [0.29, 0.717) is 12.6 Å². The third-order valence-electron chi connectivity index (χ3n) is 2.82. The molecule has 0 saturated carbocycles. The van der Waals surface area contributed by atoms with Crippen molar-refractivity contribution >= 4 is 18.3 Å². The fourth-order valence-electron chi connectivity index (χ4n) is 1.87. The number of halogens is 1. The molecule has 1 aliphatic heterocycles. The molecular formula is C11H23ClN2O2. The molecule has 96 valence electrons. The summed E-state index contributed by atoms with van der Waals surface area (Å²) >= 11 is 0. The average Bonchev–Trinajstić information content (AvgIpc) is 2.71. The van der Waals surface area contributed by atoms with E-state index in [-0.39, 0.29) is 24.2 Å². The smallest absolute Gasteiger partial charge is 0.225 e. The molecule has 1 heterocycles. The van der Waals surface area contributed by atoms with Crippen molar-refractivity contribution in [1.29, 1.82) is 0 Å². The molecule has 5 heteroatoms. The largest absolute Gasteiger partial charge is 0.384 e. The number of carbonyl (C=O) groups is 1. The van der Waals surface area contributed by atoms with E-state index in [1.807, 2.05) is 6.92 Å². The monoisotopic (exact) mass is 250 g/mol. The van der Waals surface area contributed by atoms with Crippen molar-refractivity contribution < 1.29 is 9.53 Å². The molecule has 0 aromatic carbocycles. The quantitative estimate of drug-likeness (QED) is 0.738. The Labute approximate surface area is 104 Å². The van der Waals surface area contributed by atoms with Gasteiger partial charge in [-0.3, -0.25) is 4.79 Å². The minimum Gasteiger partial charge on any atom is -0.384 e. The molecule has 0 aliphatic carbocycles. The predicted octanol–water partition coefficient (Wildman–Crippen LogP) is 0.949. The third kappa shape index (κ3) is 5.68. The van der Waals surface area contributed by atoms with E-state index in [1.165, 1.54) is 12.8 Å². The highest BCUT2D eigenvalue weighted by molar-refractivity contribution is 5.85. The Morgan fingerprint density at radius 1 is 1.62 bits per heavy atom. The van der Waals surface area contributed by atoms with Crippen LogP contribution in [0.3, 0.4) is 0 Å². The number of ether oxygens (including phenoxy) is 1. The number of rotatable bonds is 6. The van der Waals surface area contributed by atoms with E-state index in [9.17, 15) is 4.79 Å². The van der Waals surface area contributed by atoms with Gasteiger partial charge in [0.05, 0.1) is 12.5 Å². The summed E-state index contributed by atoms with van der Waals surface area (Å²) in [5.74, 6) is 0.0429. The summed E-state index contributed by atoms with van der Waals surface area (Å²) in [6.45, 7) is 4.27. The van der Waals surface area contributed by atoms with Gasteiger partial charge in [-0.2, -0.15) is 0 Å². The standard InChI is InChI=1S/C11H22N2O2.ClH/c1-9(8-15-2)11(14)13-7-5-10-4-3-6-12-10;/h9-10,12H,3-8H2,1-2H3,(H,13,14);1H/t9?,10-;/m1./s1. The Morgan fingerprint density at radius 3 is 2.94 bits per heavy atom. The minimum atomic E-state index is -0.0495. The first kappa shape index (κ1) is 15.7. The lowest BCUT2D eigenvalue weighted by Crippen LogP contribution is -2.35. The van der Waals surface area contributed by atoms with Gasteiger partial charge in [-0.15, -0.1) is 12.4 Å². The van der Waals surface area contributed by atoms with Gasteiger partial charge in [0.2, 0.25) is 5.91 Å². The van der Waals surface area contributed by atoms with Crippen molar-refractivity contribution in [2.24, 2.45) is 5.92 Å². The van der Waals surface area contributed by atoms with E-state index in [1.54, 1.807) is 7.11 Å². The maximum absolute atomic E-state index is 11.5. The van der Waals surface area contributed by atoms with Crippen LogP contribution in [-0.4, -0.2) is 38.8 Å². The van der Waals surface area contributed by atoms with Gasteiger partial charge in [0.15, 0.2) is 0 Å². The number of hydrogen-bond donors (Lipinski definition) is 2. The summed E-state index contributed by atoms with van der Waals surface area (Å²) in [5, 5.41) is 6.34. The van der Waals surface area contributed by atoms with Crippen LogP contribution >= 0.6 is 12.4 Å². The zero-order valence-corrected chi connectivity index (χ0v) is 10.9. The third-order valence-corrected chi connectivity index (χ3v) is 2.82. The van der Waals surface area contributed by atoms with Crippen molar-refractivity contribution in [2.45, 2.75) is 32.2 Å². The Hall–Kier alpha value is -0.320. The van der Waals surface area contributed by atoms with Crippen LogP contribution in [-0.2, 0) is 9.53 Å². The highest BCUT2D eigenvalue weighted by atomic mass is 35.5. The number of carbonyl (C=O) groups excluding carboxylic acids is 1. The maximum Gasteiger partial charge on any atom is 0.225 e. The summed E-state index contributed by atoms with van der Waals surface area (Å²) < 4.78 is 4.93. The summed E-state index contributed by atoms with van der Waals surface area (Å²) in [5.41, 5.74) is 0. The van der Waals surface area contributed by atoms with Crippen LogP contribution in [0.5, 0.6) is 0 Å². The second-order valence-corrected chi connectivity index (χ2v) is 4.23. The molecule has 1 fully saturated rings. The molecule has 1 rings (SSSR count). The van der Waals surface area contributed by atoms with Crippen LogP contribution in [0, 0.1) is 5.92 Å². The van der Waals surface area contributed by atoms with Gasteiger partial charge >= 0.3 is 0 Å². The lowest BCUT2D eigenvalue weighted by atomic mass is 10.1. The van der Waals surface area contributed by atoms with Gasteiger partial charge in [0.1, 0.15) is 0 Å². The fraction of sp³-hybridized carbons (Fsp3) is 0.909. The first-order chi connectivity index (χ1) is 7.24. The van der Waals surface area contributed by atoms with Gasteiger partial charge in [-0.25, -0.2) is 0 Å². The highest BCUT2D eigenvalue weighted by Gasteiger charge is 2.15. The zero-order chi connectivity index (χ0) is 11.1. The molecule has 0 aromatic rings. The second-order valence-electron chi connectivity index (χ2n) is 4.23. The van der Waals surface area contributed by atoms with E-state index in [4.69, 9.17) is 4.74 Å². The van der Waals surface area contributed by atoms with Gasteiger partial charge < -0.3 is 15.4 Å². The molecule has 1 amide bonds. The lowest BCUT2D eigenvalue weighted by molar-refractivity contribution is -0.125. The summed E-state index contributed by atoms with van der Waals surface area (Å²) in [4.78, 5) is 11.5. The van der Waals surface area contributed by atoms with Gasteiger partial charge in [-0.1, -0.05) is 6.92 Å². The summed E-state index contributed by atoms with van der Waals surface area (Å²) in [6, 6.07) is 0.600. The normalized spacial score (nSPS) is 21.2. The van der Waals surface area contributed by atoms with Crippen molar-refractivity contribution in [3.8, 4) is 0 Å². The Bertz CT molecular complexity index is 196. The van der Waals surface area contributed by atoms with E-state index in [0.717, 1.165) is 19.5 Å². The second kappa shape index (κ2) is 8.79. The Balaban J connectivity index is 0.00000225. The fourth-order valence-corrected chi connectivity index (χ4v) is 1.87. The van der Waals surface area contributed by atoms with E-state index in [2.05, 4.69) is 10.6 Å². The van der Waals surface area contributed by atoms with Gasteiger partial charge in [-0.05, 0) is 25.8 Å². The maximum atomic E-state index is 11.5. The van der Waals surface area contributed by atoms with Crippen molar-refractivity contribution in [1.82, 2.24) is 10.6 Å². The molecule has 1 aliphatic rings. The molecule has 0 spiro atoms. The first-order valence-corrected chi connectivity index (χ1v) is 5.74. The molecule has 0 radical (unpaired) electrons. The molecule has 1 unspecified atom stereocenters. The molecule has 2 N–H and O–H groups in total. The molecule has 4 nitrogen and oxygen atoms in total. The Kier molecular flexibility index (Phi) is 8.61. The SMILES string of the molecule is COCC(C)C(=O)NCC[C@H]1CCCN1.Cl. The Morgan fingerprint density at radius 2 is 2.38 bits per heavy atom. The summed E-state index contributed by atoms with van der Waals surface area (Å²) in [6.07, 6.45) is 3.54. The van der Waals surface area contributed by atoms with Crippen LogP contribution in [0.2, 0.25) is 0 Å². The molecule has 0 bridgehead atoms. The van der Waals surface area contributed by atoms with Crippen molar-refractivity contribution in [3.63, 3.8) is 0 Å². The van der Waals surface area contributed by atoms with Crippen LogP contribution in [0.1, 0.15) is 26.2 Å². The molecule has 16 heavy (non-hydrogen) atoms. The van der Waals surface area contributed by atoms with Crippen LogP contribution < -0.4 is 10.6 Å². The van der Waals surface area contributed by atoms with Gasteiger partial charge in [0.25, 0.3) is 0 Å². The summed E-state index contributed by atoms with van der Waals surface area (Å²) in [7, 11) is 1.62. The number of hydrogen-bond acceptors (Lipinski definition) is 3. The number of methoxy groups -OCH3 is 1. The topological polar surface area (TPSA) is 50.4 Å². The first-order valence-electron chi connectivity index (χ1n) is 5.74. The predicted molar refractivity (Wildman–Crippen MR) is 66.9 cm³/mol. The lowest BCUT2D eigenvalue weighted by Gasteiger charge is -2.13. The minimum absolute atomic E-state index is 0.